The molecule has 1 rings (SSSR count). The van der Waals surface area contributed by atoms with Gasteiger partial charge < -0.3 is 15.3 Å². The number of piperazine rings is 1. The van der Waals surface area contributed by atoms with Crippen molar-refractivity contribution in [1.82, 2.24) is 15.5 Å². The highest BCUT2D eigenvalue weighted by Crippen LogP contribution is 2.09. The molecule has 1 fully saturated rings. The number of nitrogens with zero attached hydrogens (tertiary/aromatic N) is 1. The first kappa shape index (κ1) is 14.9. The topological polar surface area (TPSA) is 116 Å². The smallest absolute Gasteiger partial charge is 0.326 e. The third-order valence-electron chi connectivity index (χ3n) is 2.91. The van der Waals surface area contributed by atoms with Gasteiger partial charge in [-0.15, -0.1) is 0 Å². The lowest BCUT2D eigenvalue weighted by Gasteiger charge is -2.33. The summed E-state index contributed by atoms with van der Waals surface area (Å²) in [5.74, 6) is -2.28. The summed E-state index contributed by atoms with van der Waals surface area (Å²) in [5, 5.41) is 13.3. The molecule has 0 aromatic heterocycles. The summed E-state index contributed by atoms with van der Waals surface area (Å²) in [6.45, 7) is 3.06. The molecule has 0 aromatic carbocycles. The molecule has 0 aliphatic carbocycles. The van der Waals surface area contributed by atoms with Crippen LogP contribution in [0.5, 0.6) is 0 Å². The maximum Gasteiger partial charge on any atom is 0.326 e. The van der Waals surface area contributed by atoms with Crippen LogP contribution in [0, 0.1) is 0 Å². The fraction of sp³-hybridized carbons (Fsp3) is 0.636. The fourth-order valence-corrected chi connectivity index (χ4v) is 1.86. The summed E-state index contributed by atoms with van der Waals surface area (Å²) in [5.41, 5.74) is 0. The molecule has 2 atom stereocenters. The van der Waals surface area contributed by atoms with Crippen molar-refractivity contribution in [3.8, 4) is 0 Å². The van der Waals surface area contributed by atoms with E-state index >= 15 is 0 Å². The van der Waals surface area contributed by atoms with Gasteiger partial charge in [0.1, 0.15) is 18.6 Å². The van der Waals surface area contributed by atoms with E-state index in [1.807, 2.05) is 0 Å². The Hall–Kier alpha value is -2.12. The number of hydrogen-bond donors (Lipinski definition) is 3. The zero-order valence-corrected chi connectivity index (χ0v) is 10.8. The molecule has 1 saturated heterocycles. The van der Waals surface area contributed by atoms with Crippen molar-refractivity contribution in [2.75, 3.05) is 6.54 Å². The monoisotopic (exact) mass is 271 g/mol. The molecule has 8 heteroatoms. The Balaban J connectivity index is 2.80. The molecule has 1 heterocycles. The van der Waals surface area contributed by atoms with Gasteiger partial charge in [0, 0.05) is 0 Å². The van der Waals surface area contributed by atoms with Crippen molar-refractivity contribution < 1.29 is 24.3 Å². The zero-order valence-electron chi connectivity index (χ0n) is 10.8. The van der Waals surface area contributed by atoms with Gasteiger partial charge in [-0.3, -0.25) is 14.9 Å². The van der Waals surface area contributed by atoms with Crippen LogP contribution in [0.2, 0.25) is 0 Å². The number of aliphatic carboxylic acids is 1. The van der Waals surface area contributed by atoms with Gasteiger partial charge in [-0.1, -0.05) is 13.8 Å². The third-order valence-corrected chi connectivity index (χ3v) is 2.91. The highest BCUT2D eigenvalue weighted by molar-refractivity contribution is 6.04. The highest BCUT2D eigenvalue weighted by atomic mass is 16.4. The number of rotatable bonds is 4. The Morgan fingerprint density at radius 3 is 2.58 bits per heavy atom. The molecule has 0 saturated carbocycles. The molecule has 0 spiro atoms. The maximum atomic E-state index is 12.0. The van der Waals surface area contributed by atoms with E-state index in [2.05, 4.69) is 10.6 Å². The van der Waals surface area contributed by atoms with Crippen molar-refractivity contribution in [2.45, 2.75) is 38.8 Å². The van der Waals surface area contributed by atoms with Gasteiger partial charge in [0.15, 0.2) is 0 Å². The Labute approximate surface area is 110 Å². The van der Waals surface area contributed by atoms with Crippen LogP contribution in [-0.2, 0) is 14.4 Å². The van der Waals surface area contributed by atoms with Crippen LogP contribution in [0.25, 0.3) is 0 Å². The van der Waals surface area contributed by atoms with Crippen LogP contribution in [-0.4, -0.2) is 52.4 Å². The Bertz CT molecular complexity index is 409. The van der Waals surface area contributed by atoms with Crippen molar-refractivity contribution >= 4 is 23.8 Å². The Kier molecular flexibility index (Phi) is 4.85. The lowest BCUT2D eigenvalue weighted by molar-refractivity contribution is -0.139. The molecule has 19 heavy (non-hydrogen) atoms. The summed E-state index contributed by atoms with van der Waals surface area (Å²) in [7, 11) is 0. The SMILES string of the molecule is CCC(NC(=O)N1CC(=O)NC(=O)C1CC)C(=O)O. The fourth-order valence-electron chi connectivity index (χ4n) is 1.86. The number of hydrogen-bond acceptors (Lipinski definition) is 4. The van der Waals surface area contributed by atoms with E-state index in [1.54, 1.807) is 13.8 Å². The van der Waals surface area contributed by atoms with Crippen molar-refractivity contribution in [1.29, 1.82) is 0 Å². The summed E-state index contributed by atoms with van der Waals surface area (Å²) >= 11 is 0. The van der Waals surface area contributed by atoms with Crippen molar-refractivity contribution in [3.63, 3.8) is 0 Å². The third kappa shape index (κ3) is 3.43. The van der Waals surface area contributed by atoms with Gasteiger partial charge in [-0.2, -0.15) is 0 Å². The normalized spacial score (nSPS) is 20.7. The molecule has 3 N–H and O–H groups in total. The van der Waals surface area contributed by atoms with Crippen LogP contribution in [0.15, 0.2) is 0 Å². The van der Waals surface area contributed by atoms with E-state index in [1.165, 1.54) is 0 Å². The number of imide groups is 1. The molecule has 2 unspecified atom stereocenters. The van der Waals surface area contributed by atoms with Gasteiger partial charge >= 0.3 is 12.0 Å². The molecule has 0 bridgehead atoms. The summed E-state index contributed by atoms with van der Waals surface area (Å²) in [4.78, 5) is 46.7. The van der Waals surface area contributed by atoms with Crippen molar-refractivity contribution in [3.05, 3.63) is 0 Å². The van der Waals surface area contributed by atoms with Gasteiger partial charge in [0.05, 0.1) is 0 Å². The van der Waals surface area contributed by atoms with E-state index in [9.17, 15) is 19.2 Å². The maximum absolute atomic E-state index is 12.0. The molecule has 106 valence electrons. The van der Waals surface area contributed by atoms with E-state index in [0.29, 0.717) is 6.42 Å². The predicted octanol–water partition coefficient (Wildman–Crippen LogP) is -0.704. The quantitative estimate of drug-likeness (QED) is 0.584. The number of carbonyl (C=O) groups excluding carboxylic acids is 3. The second-order valence-corrected chi connectivity index (χ2v) is 4.21. The molecule has 1 aliphatic heterocycles. The second-order valence-electron chi connectivity index (χ2n) is 4.21. The minimum Gasteiger partial charge on any atom is -0.480 e. The molecular formula is C11H17N3O5. The second kappa shape index (κ2) is 6.17. The van der Waals surface area contributed by atoms with Crippen molar-refractivity contribution in [2.24, 2.45) is 0 Å². The largest absolute Gasteiger partial charge is 0.480 e. The molecule has 1 aliphatic rings. The first-order valence-corrected chi connectivity index (χ1v) is 6.04. The number of urea groups is 1. The van der Waals surface area contributed by atoms with Gasteiger partial charge in [-0.25, -0.2) is 9.59 Å². The van der Waals surface area contributed by atoms with Gasteiger partial charge in [0.2, 0.25) is 11.8 Å². The summed E-state index contributed by atoms with van der Waals surface area (Å²) < 4.78 is 0. The minimum atomic E-state index is -1.16. The predicted molar refractivity (Wildman–Crippen MR) is 64.2 cm³/mol. The average Bonchev–Trinajstić information content (AvgIpc) is 2.34. The van der Waals surface area contributed by atoms with E-state index in [4.69, 9.17) is 5.11 Å². The standard InChI is InChI=1S/C11H17N3O5/c1-3-6(10(17)18)12-11(19)14-5-8(15)13-9(16)7(14)4-2/h6-7H,3-5H2,1-2H3,(H,12,19)(H,17,18)(H,13,15,16). The number of carboxylic acids is 1. The van der Waals surface area contributed by atoms with E-state index in [-0.39, 0.29) is 13.0 Å². The van der Waals surface area contributed by atoms with Crippen LogP contribution >= 0.6 is 0 Å². The Morgan fingerprint density at radius 1 is 1.47 bits per heavy atom. The lowest BCUT2D eigenvalue weighted by Crippen LogP contribution is -2.62. The Morgan fingerprint density at radius 2 is 2.11 bits per heavy atom. The number of carboxylic acid groups (broad SMARTS) is 1. The van der Waals surface area contributed by atoms with E-state index < -0.39 is 35.9 Å². The summed E-state index contributed by atoms with van der Waals surface area (Å²) in [6, 6.07) is -2.52. The zero-order chi connectivity index (χ0) is 14.6. The number of nitrogens with one attached hydrogen (secondary N) is 2. The molecule has 4 amide bonds. The first-order chi connectivity index (χ1) is 8.90. The molecule has 8 nitrogen and oxygen atoms in total. The highest BCUT2D eigenvalue weighted by Gasteiger charge is 2.36. The van der Waals surface area contributed by atoms with Crippen LogP contribution in [0.3, 0.4) is 0 Å². The van der Waals surface area contributed by atoms with Crippen LogP contribution < -0.4 is 10.6 Å². The van der Waals surface area contributed by atoms with E-state index in [0.717, 1.165) is 4.90 Å². The summed E-state index contributed by atoms with van der Waals surface area (Å²) in [6.07, 6.45) is 0.558. The number of amides is 4. The lowest BCUT2D eigenvalue weighted by atomic mass is 10.1. The average molecular weight is 271 g/mol. The van der Waals surface area contributed by atoms with Gasteiger partial charge in [0.25, 0.3) is 0 Å². The number of carbonyl (C=O) groups is 4. The minimum absolute atomic E-state index is 0.214. The molecule has 0 aromatic rings. The molecule has 0 radical (unpaired) electrons. The van der Waals surface area contributed by atoms with Crippen LogP contribution in [0.1, 0.15) is 26.7 Å². The molecular weight excluding hydrogens is 254 g/mol. The first-order valence-electron chi connectivity index (χ1n) is 6.04. The van der Waals surface area contributed by atoms with Crippen LogP contribution in [0.4, 0.5) is 4.79 Å². The van der Waals surface area contributed by atoms with Gasteiger partial charge in [-0.05, 0) is 12.8 Å².